The summed E-state index contributed by atoms with van der Waals surface area (Å²) in [5.41, 5.74) is 3.44. The molecule has 3 nitrogen and oxygen atoms in total. The van der Waals surface area contributed by atoms with Gasteiger partial charge >= 0.3 is 0 Å². The van der Waals surface area contributed by atoms with Crippen LogP contribution in [0.4, 0.5) is 0 Å². The molecule has 0 saturated heterocycles. The molecule has 1 aromatic heterocycles. The highest BCUT2D eigenvalue weighted by molar-refractivity contribution is 7.71. The summed E-state index contributed by atoms with van der Waals surface area (Å²) in [6, 6.07) is 16.0. The minimum absolute atomic E-state index is 0.00663. The monoisotopic (exact) mass is 294 g/mol. The lowest BCUT2D eigenvalue weighted by atomic mass is 10.1. The van der Waals surface area contributed by atoms with Crippen LogP contribution in [0, 0.1) is 4.77 Å². The van der Waals surface area contributed by atoms with Crippen molar-refractivity contribution in [1.29, 1.82) is 0 Å². The average molecular weight is 294 g/mol. The van der Waals surface area contributed by atoms with Crippen LogP contribution >= 0.6 is 12.2 Å². The van der Waals surface area contributed by atoms with Crippen molar-refractivity contribution in [3.05, 3.63) is 74.8 Å². The first-order chi connectivity index (χ1) is 10.2. The molecule has 4 rings (SSSR count). The molecular formula is C17H14N2OS. The van der Waals surface area contributed by atoms with Crippen LogP contribution in [-0.2, 0) is 12.8 Å². The molecule has 1 N–H and O–H groups in total. The molecule has 0 fully saturated rings. The summed E-state index contributed by atoms with van der Waals surface area (Å²) >= 11 is 5.42. The number of nitrogens with zero attached hydrogens (tertiary/aromatic N) is 1. The van der Waals surface area contributed by atoms with E-state index >= 15 is 0 Å². The summed E-state index contributed by atoms with van der Waals surface area (Å²) in [5.74, 6) is 0. The average Bonchev–Trinajstić information content (AvgIpc) is 2.90. The Balaban J connectivity index is 1.89. The number of hydrogen-bond donors (Lipinski definition) is 1. The molecule has 1 heterocycles. The first-order valence-electron chi connectivity index (χ1n) is 7.04. The lowest BCUT2D eigenvalue weighted by Crippen LogP contribution is -2.27. The van der Waals surface area contributed by atoms with Gasteiger partial charge in [-0.2, -0.15) is 0 Å². The topological polar surface area (TPSA) is 37.8 Å². The number of aromatic nitrogens is 2. The van der Waals surface area contributed by atoms with Gasteiger partial charge in [0.05, 0.1) is 10.9 Å². The molecule has 0 aliphatic heterocycles. The van der Waals surface area contributed by atoms with Gasteiger partial charge in [0.25, 0.3) is 5.56 Å². The Hall–Kier alpha value is -2.20. The standard InChI is InChI=1S/C17H14N2OS/c20-16-14-7-3-4-8-15(14)18-17(21)19(16)13-9-11-5-1-2-6-12(11)10-13/h1-8,13H,9-10H2,(H,18,21). The van der Waals surface area contributed by atoms with E-state index in [0.29, 0.717) is 10.2 Å². The van der Waals surface area contributed by atoms with Crippen molar-refractivity contribution < 1.29 is 0 Å². The normalized spacial score (nSPS) is 14.5. The van der Waals surface area contributed by atoms with Crippen molar-refractivity contribution >= 4 is 23.1 Å². The second-order valence-electron chi connectivity index (χ2n) is 5.48. The molecule has 0 saturated carbocycles. The molecule has 0 radical (unpaired) electrons. The Morgan fingerprint density at radius 2 is 1.62 bits per heavy atom. The summed E-state index contributed by atoms with van der Waals surface area (Å²) < 4.78 is 2.26. The van der Waals surface area contributed by atoms with Crippen LogP contribution in [-0.4, -0.2) is 9.55 Å². The van der Waals surface area contributed by atoms with E-state index in [9.17, 15) is 4.79 Å². The Labute approximate surface area is 126 Å². The lowest BCUT2D eigenvalue weighted by Gasteiger charge is -2.14. The van der Waals surface area contributed by atoms with Gasteiger partial charge in [0.15, 0.2) is 4.77 Å². The van der Waals surface area contributed by atoms with Gasteiger partial charge in [-0.1, -0.05) is 36.4 Å². The second-order valence-corrected chi connectivity index (χ2v) is 5.87. The van der Waals surface area contributed by atoms with E-state index in [1.807, 2.05) is 36.4 Å². The number of hydrogen-bond acceptors (Lipinski definition) is 2. The maximum Gasteiger partial charge on any atom is 0.262 e. The van der Waals surface area contributed by atoms with E-state index in [-0.39, 0.29) is 11.6 Å². The van der Waals surface area contributed by atoms with E-state index in [1.54, 1.807) is 4.57 Å². The molecule has 0 bridgehead atoms. The fraction of sp³-hybridized carbons (Fsp3) is 0.176. The zero-order valence-electron chi connectivity index (χ0n) is 11.4. The quantitative estimate of drug-likeness (QED) is 0.699. The summed E-state index contributed by atoms with van der Waals surface area (Å²) in [7, 11) is 0. The zero-order chi connectivity index (χ0) is 14.4. The Morgan fingerprint density at radius 3 is 2.33 bits per heavy atom. The third kappa shape index (κ3) is 1.94. The van der Waals surface area contributed by atoms with Gasteiger partial charge in [0, 0.05) is 6.04 Å². The molecule has 4 heteroatoms. The molecule has 0 spiro atoms. The van der Waals surface area contributed by atoms with Gasteiger partial charge < -0.3 is 4.98 Å². The van der Waals surface area contributed by atoms with E-state index in [2.05, 4.69) is 17.1 Å². The Morgan fingerprint density at radius 1 is 1.00 bits per heavy atom. The van der Waals surface area contributed by atoms with Gasteiger partial charge in [-0.25, -0.2) is 0 Å². The van der Waals surface area contributed by atoms with Crippen LogP contribution in [0.15, 0.2) is 53.3 Å². The summed E-state index contributed by atoms with van der Waals surface area (Å²) in [5, 5.41) is 0.696. The first kappa shape index (κ1) is 12.5. The summed E-state index contributed by atoms with van der Waals surface area (Å²) in [6.45, 7) is 0. The highest BCUT2D eigenvalue weighted by Crippen LogP contribution is 2.29. The van der Waals surface area contributed by atoms with Crippen LogP contribution in [0.2, 0.25) is 0 Å². The predicted molar refractivity (Wildman–Crippen MR) is 86.3 cm³/mol. The molecule has 1 aliphatic rings. The lowest BCUT2D eigenvalue weighted by molar-refractivity contribution is 0.502. The maximum atomic E-state index is 12.8. The van der Waals surface area contributed by atoms with Crippen LogP contribution in [0.5, 0.6) is 0 Å². The number of fused-ring (bicyclic) bond motifs is 2. The summed E-state index contributed by atoms with van der Waals surface area (Å²) in [4.78, 5) is 15.9. The number of benzene rings is 2. The number of rotatable bonds is 1. The zero-order valence-corrected chi connectivity index (χ0v) is 12.2. The van der Waals surface area contributed by atoms with Gasteiger partial charge in [-0.05, 0) is 48.3 Å². The van der Waals surface area contributed by atoms with Crippen molar-refractivity contribution in [2.24, 2.45) is 0 Å². The largest absolute Gasteiger partial charge is 0.332 e. The number of para-hydroxylation sites is 1. The predicted octanol–water partition coefficient (Wildman–Crippen LogP) is 3.40. The number of H-pyrrole nitrogens is 1. The van der Waals surface area contributed by atoms with Gasteiger partial charge in [0.1, 0.15) is 0 Å². The second kappa shape index (κ2) is 4.67. The van der Waals surface area contributed by atoms with Crippen LogP contribution in [0.25, 0.3) is 10.9 Å². The minimum Gasteiger partial charge on any atom is -0.332 e. The van der Waals surface area contributed by atoms with Gasteiger partial charge in [-0.15, -0.1) is 0 Å². The fourth-order valence-electron chi connectivity index (χ4n) is 3.23. The molecule has 1 aliphatic carbocycles. The third-order valence-electron chi connectivity index (χ3n) is 4.23. The molecule has 104 valence electrons. The van der Waals surface area contributed by atoms with E-state index in [0.717, 1.165) is 18.4 Å². The van der Waals surface area contributed by atoms with Crippen LogP contribution in [0.1, 0.15) is 17.2 Å². The maximum absolute atomic E-state index is 12.8. The van der Waals surface area contributed by atoms with Crippen molar-refractivity contribution in [1.82, 2.24) is 9.55 Å². The third-order valence-corrected chi connectivity index (χ3v) is 4.53. The summed E-state index contributed by atoms with van der Waals surface area (Å²) in [6.07, 6.45) is 1.73. The fourth-order valence-corrected chi connectivity index (χ4v) is 3.57. The smallest absolute Gasteiger partial charge is 0.262 e. The van der Waals surface area contributed by atoms with Crippen molar-refractivity contribution in [2.75, 3.05) is 0 Å². The molecule has 0 unspecified atom stereocenters. The van der Waals surface area contributed by atoms with Crippen LogP contribution < -0.4 is 5.56 Å². The minimum atomic E-state index is 0.00663. The molecular weight excluding hydrogens is 280 g/mol. The van der Waals surface area contributed by atoms with E-state index in [4.69, 9.17) is 12.2 Å². The Bertz CT molecular complexity index is 930. The van der Waals surface area contributed by atoms with Crippen molar-refractivity contribution in [3.63, 3.8) is 0 Å². The van der Waals surface area contributed by atoms with Gasteiger partial charge in [0.2, 0.25) is 0 Å². The number of nitrogens with one attached hydrogen (secondary N) is 1. The molecule has 0 atom stereocenters. The molecule has 21 heavy (non-hydrogen) atoms. The first-order valence-corrected chi connectivity index (χ1v) is 7.45. The molecule has 2 aromatic carbocycles. The van der Waals surface area contributed by atoms with Crippen molar-refractivity contribution in [3.8, 4) is 0 Å². The SMILES string of the molecule is O=c1c2ccccc2[nH]c(=S)n1C1Cc2ccccc2C1. The Kier molecular flexibility index (Phi) is 2.79. The molecule has 3 aromatic rings. The highest BCUT2D eigenvalue weighted by atomic mass is 32.1. The van der Waals surface area contributed by atoms with Crippen molar-refractivity contribution in [2.45, 2.75) is 18.9 Å². The van der Waals surface area contributed by atoms with E-state index < -0.39 is 0 Å². The number of aromatic amines is 1. The van der Waals surface area contributed by atoms with Gasteiger partial charge in [-0.3, -0.25) is 9.36 Å². The highest BCUT2D eigenvalue weighted by Gasteiger charge is 2.24. The van der Waals surface area contributed by atoms with Crippen LogP contribution in [0.3, 0.4) is 0 Å². The van der Waals surface area contributed by atoms with E-state index in [1.165, 1.54) is 11.1 Å². The molecule has 0 amide bonds.